The van der Waals surface area contributed by atoms with Gasteiger partial charge in [-0.2, -0.15) is 0 Å². The molecule has 4 rings (SSSR count). The second-order valence-corrected chi connectivity index (χ2v) is 6.77. The third-order valence-corrected chi connectivity index (χ3v) is 5.02. The maximum Gasteiger partial charge on any atom is 0.0487 e. The fraction of sp³-hybridized carbons (Fsp3) is 0.316. The summed E-state index contributed by atoms with van der Waals surface area (Å²) < 4.78 is 2.49. The highest BCUT2D eigenvalue weighted by molar-refractivity contribution is 6.31. The van der Waals surface area contributed by atoms with Crippen LogP contribution in [0.3, 0.4) is 0 Å². The molecule has 0 saturated carbocycles. The summed E-state index contributed by atoms with van der Waals surface area (Å²) in [6.07, 6.45) is 5.87. The van der Waals surface area contributed by atoms with Gasteiger partial charge in [0.1, 0.15) is 0 Å². The maximum absolute atomic E-state index is 6.25. The van der Waals surface area contributed by atoms with Gasteiger partial charge >= 0.3 is 0 Å². The number of nitrogens with zero attached hydrogens (tertiary/aromatic N) is 3. The second kappa shape index (κ2) is 5.99. The van der Waals surface area contributed by atoms with E-state index in [1.165, 1.54) is 27.7 Å². The van der Waals surface area contributed by atoms with E-state index in [9.17, 15) is 0 Å². The van der Waals surface area contributed by atoms with Gasteiger partial charge in [-0.05, 0) is 54.9 Å². The van der Waals surface area contributed by atoms with Gasteiger partial charge in [0.2, 0.25) is 0 Å². The van der Waals surface area contributed by atoms with E-state index >= 15 is 0 Å². The molecule has 118 valence electrons. The van der Waals surface area contributed by atoms with Crippen LogP contribution in [-0.2, 0) is 25.9 Å². The lowest BCUT2D eigenvalue weighted by Crippen LogP contribution is -2.27. The first kappa shape index (κ1) is 14.7. The smallest absolute Gasteiger partial charge is 0.0487 e. The van der Waals surface area contributed by atoms with Gasteiger partial charge in [-0.15, -0.1) is 0 Å². The number of aryl methyl sites for hydroxylation is 2. The Bertz CT molecular complexity index is 839. The third kappa shape index (κ3) is 2.75. The summed E-state index contributed by atoms with van der Waals surface area (Å²) in [5.74, 6) is 0. The van der Waals surface area contributed by atoms with Crippen molar-refractivity contribution in [1.82, 2.24) is 14.5 Å². The van der Waals surface area contributed by atoms with Crippen LogP contribution in [-0.4, -0.2) is 28.0 Å². The first-order chi connectivity index (χ1) is 11.2. The highest BCUT2D eigenvalue weighted by Crippen LogP contribution is 2.32. The summed E-state index contributed by atoms with van der Waals surface area (Å²) in [5.41, 5.74) is 5.57. The van der Waals surface area contributed by atoms with Crippen molar-refractivity contribution in [1.29, 1.82) is 0 Å². The Morgan fingerprint density at radius 3 is 2.83 bits per heavy atom. The zero-order valence-electron chi connectivity index (χ0n) is 13.3. The lowest BCUT2D eigenvalue weighted by atomic mass is 10.1. The fourth-order valence-corrected chi connectivity index (χ4v) is 3.77. The molecule has 0 amide bonds. The van der Waals surface area contributed by atoms with Crippen molar-refractivity contribution in [2.45, 2.75) is 25.9 Å². The molecule has 0 aliphatic carbocycles. The largest absolute Gasteiger partial charge is 0.344 e. The van der Waals surface area contributed by atoms with Crippen molar-refractivity contribution in [3.63, 3.8) is 0 Å². The van der Waals surface area contributed by atoms with Crippen LogP contribution in [0.4, 0.5) is 0 Å². The van der Waals surface area contributed by atoms with Crippen LogP contribution < -0.4 is 0 Å². The van der Waals surface area contributed by atoms with Gasteiger partial charge in [0, 0.05) is 60.1 Å². The summed E-state index contributed by atoms with van der Waals surface area (Å²) in [6, 6.07) is 10.5. The number of rotatable bonds is 3. The highest BCUT2D eigenvalue weighted by Gasteiger charge is 2.22. The molecule has 0 atom stereocenters. The minimum Gasteiger partial charge on any atom is -0.344 e. The summed E-state index contributed by atoms with van der Waals surface area (Å²) in [5, 5.41) is 2.13. The van der Waals surface area contributed by atoms with Crippen molar-refractivity contribution in [3.05, 3.63) is 64.6 Å². The summed E-state index contributed by atoms with van der Waals surface area (Å²) in [7, 11) is 2.19. The number of aromatic nitrogens is 2. The van der Waals surface area contributed by atoms with E-state index in [0.717, 1.165) is 37.5 Å². The van der Waals surface area contributed by atoms with Crippen molar-refractivity contribution >= 4 is 22.5 Å². The van der Waals surface area contributed by atoms with Gasteiger partial charge in [0.25, 0.3) is 0 Å². The van der Waals surface area contributed by atoms with Crippen molar-refractivity contribution in [3.8, 4) is 0 Å². The van der Waals surface area contributed by atoms with Crippen LogP contribution in [0.5, 0.6) is 0 Å². The molecule has 3 heterocycles. The molecule has 1 aromatic carbocycles. The number of halogens is 1. The zero-order chi connectivity index (χ0) is 15.8. The molecule has 0 spiro atoms. The van der Waals surface area contributed by atoms with Gasteiger partial charge < -0.3 is 9.47 Å². The standard InChI is InChI=1S/C19H20ClN3/c1-22-10-7-19-17(13-22)16-12-15(20)2-3-18(16)23(19)11-6-14-4-8-21-9-5-14/h2-5,8-9,12H,6-7,10-11,13H2,1H3. The van der Waals surface area contributed by atoms with Gasteiger partial charge in [-0.25, -0.2) is 0 Å². The molecule has 0 saturated heterocycles. The Kier molecular flexibility index (Phi) is 3.83. The molecule has 2 aromatic heterocycles. The predicted octanol–water partition coefficient (Wildman–Crippen LogP) is 3.92. The summed E-state index contributed by atoms with van der Waals surface area (Å²) in [6.45, 7) is 3.13. The molecule has 0 radical (unpaired) electrons. The molecule has 0 N–H and O–H groups in total. The van der Waals surface area contributed by atoms with Crippen LogP contribution in [0.25, 0.3) is 10.9 Å². The van der Waals surface area contributed by atoms with Crippen LogP contribution in [0.1, 0.15) is 16.8 Å². The highest BCUT2D eigenvalue weighted by atomic mass is 35.5. The molecule has 4 heteroatoms. The Morgan fingerprint density at radius 1 is 1.17 bits per heavy atom. The number of likely N-dealkylation sites (N-methyl/N-ethyl adjacent to an activating group) is 1. The minimum atomic E-state index is 0.819. The topological polar surface area (TPSA) is 21.1 Å². The first-order valence-electron chi connectivity index (χ1n) is 8.09. The third-order valence-electron chi connectivity index (χ3n) is 4.78. The Balaban J connectivity index is 1.76. The number of hydrogen-bond donors (Lipinski definition) is 0. The fourth-order valence-electron chi connectivity index (χ4n) is 3.60. The molecule has 3 aromatic rings. The monoisotopic (exact) mass is 325 g/mol. The quantitative estimate of drug-likeness (QED) is 0.727. The van der Waals surface area contributed by atoms with E-state index in [2.05, 4.69) is 45.8 Å². The normalized spacial score (nSPS) is 15.0. The molecule has 1 aliphatic rings. The van der Waals surface area contributed by atoms with Crippen molar-refractivity contribution in [2.75, 3.05) is 13.6 Å². The molecule has 0 fully saturated rings. The van der Waals surface area contributed by atoms with E-state index < -0.39 is 0 Å². The molecule has 3 nitrogen and oxygen atoms in total. The van der Waals surface area contributed by atoms with Crippen molar-refractivity contribution in [2.24, 2.45) is 0 Å². The van der Waals surface area contributed by atoms with Crippen LogP contribution in [0, 0.1) is 0 Å². The van der Waals surface area contributed by atoms with Crippen LogP contribution >= 0.6 is 11.6 Å². The molecular weight excluding hydrogens is 306 g/mol. The Labute approximate surface area is 141 Å². The molecule has 0 bridgehead atoms. The first-order valence-corrected chi connectivity index (χ1v) is 8.47. The average Bonchev–Trinajstić information content (AvgIpc) is 2.86. The van der Waals surface area contributed by atoms with E-state index in [4.69, 9.17) is 11.6 Å². The van der Waals surface area contributed by atoms with E-state index in [0.29, 0.717) is 0 Å². The zero-order valence-corrected chi connectivity index (χ0v) is 14.1. The predicted molar refractivity (Wildman–Crippen MR) is 94.9 cm³/mol. The van der Waals surface area contributed by atoms with E-state index in [-0.39, 0.29) is 0 Å². The van der Waals surface area contributed by atoms with Gasteiger partial charge in [0.15, 0.2) is 0 Å². The summed E-state index contributed by atoms with van der Waals surface area (Å²) >= 11 is 6.25. The number of benzene rings is 1. The lowest BCUT2D eigenvalue weighted by molar-refractivity contribution is 0.309. The number of pyridine rings is 1. The van der Waals surface area contributed by atoms with Gasteiger partial charge in [-0.1, -0.05) is 11.6 Å². The number of hydrogen-bond acceptors (Lipinski definition) is 2. The lowest BCUT2D eigenvalue weighted by Gasteiger charge is -2.24. The van der Waals surface area contributed by atoms with E-state index in [1.807, 2.05) is 18.5 Å². The van der Waals surface area contributed by atoms with Crippen molar-refractivity contribution < 1.29 is 0 Å². The summed E-state index contributed by atoms with van der Waals surface area (Å²) in [4.78, 5) is 6.49. The maximum atomic E-state index is 6.25. The number of fused-ring (bicyclic) bond motifs is 3. The minimum absolute atomic E-state index is 0.819. The van der Waals surface area contributed by atoms with Crippen LogP contribution in [0.2, 0.25) is 5.02 Å². The molecule has 23 heavy (non-hydrogen) atoms. The van der Waals surface area contributed by atoms with Crippen LogP contribution in [0.15, 0.2) is 42.7 Å². The van der Waals surface area contributed by atoms with Gasteiger partial charge in [-0.3, -0.25) is 4.98 Å². The second-order valence-electron chi connectivity index (χ2n) is 6.33. The SMILES string of the molecule is CN1CCc2c(c3cc(Cl)ccc3n2CCc2ccncc2)C1. The van der Waals surface area contributed by atoms with Gasteiger partial charge in [0.05, 0.1) is 0 Å². The average molecular weight is 326 g/mol. The Morgan fingerprint density at radius 2 is 2.00 bits per heavy atom. The molecule has 1 aliphatic heterocycles. The molecule has 0 unspecified atom stereocenters. The van der Waals surface area contributed by atoms with E-state index in [1.54, 1.807) is 0 Å². The Hall–Kier alpha value is -1.84. The molecular formula is C19H20ClN3.